The lowest BCUT2D eigenvalue weighted by atomic mass is 10.2. The summed E-state index contributed by atoms with van der Waals surface area (Å²) in [6.45, 7) is 0. The molecular weight excluding hydrogens is 427 g/mol. The van der Waals surface area contributed by atoms with Crippen LogP contribution in [0.4, 0.5) is 4.39 Å². The number of halogens is 1. The summed E-state index contributed by atoms with van der Waals surface area (Å²) in [6, 6.07) is 20.2. The van der Waals surface area contributed by atoms with Gasteiger partial charge in [-0.2, -0.15) is 4.52 Å². The Morgan fingerprint density at radius 1 is 0.906 bits per heavy atom. The first-order valence-corrected chi connectivity index (χ1v) is 10.9. The third kappa shape index (κ3) is 3.62. The minimum Gasteiger partial charge on any atom is -0.493 e. The number of aromatic nitrogens is 4. The third-order valence-electron chi connectivity index (χ3n) is 5.09. The van der Waals surface area contributed by atoms with E-state index in [-0.39, 0.29) is 5.82 Å². The molecule has 0 bridgehead atoms. The van der Waals surface area contributed by atoms with Crippen LogP contribution in [0.2, 0.25) is 0 Å². The lowest BCUT2D eigenvalue weighted by Gasteiger charge is -2.11. The number of ether oxygens (including phenoxy) is 2. The second-order valence-corrected chi connectivity index (χ2v) is 7.98. The topological polar surface area (TPSA) is 61.5 Å². The van der Waals surface area contributed by atoms with E-state index in [2.05, 4.69) is 0 Å². The van der Waals surface area contributed by atoms with Crippen molar-refractivity contribution in [2.24, 2.45) is 0 Å². The number of methoxy groups -OCH3 is 2. The van der Waals surface area contributed by atoms with Gasteiger partial charge in [0, 0.05) is 22.8 Å². The Morgan fingerprint density at radius 2 is 1.62 bits per heavy atom. The minimum absolute atomic E-state index is 0.244. The van der Waals surface area contributed by atoms with E-state index in [1.807, 2.05) is 48.5 Å². The van der Waals surface area contributed by atoms with Crippen LogP contribution in [0.15, 0.2) is 71.9 Å². The van der Waals surface area contributed by atoms with Gasteiger partial charge in [0.2, 0.25) is 0 Å². The Balaban J connectivity index is 1.70. The highest BCUT2D eigenvalue weighted by atomic mass is 32.2. The monoisotopic (exact) mass is 446 g/mol. The van der Waals surface area contributed by atoms with Gasteiger partial charge in [-0.1, -0.05) is 60.3 Å². The Bertz CT molecular complexity index is 1420. The van der Waals surface area contributed by atoms with Crippen LogP contribution in [0.1, 0.15) is 5.56 Å². The molecule has 6 nitrogen and oxygen atoms in total. The van der Waals surface area contributed by atoms with Gasteiger partial charge in [0.05, 0.1) is 19.7 Å². The molecule has 0 aliphatic rings. The van der Waals surface area contributed by atoms with E-state index in [1.54, 1.807) is 30.9 Å². The summed E-state index contributed by atoms with van der Waals surface area (Å²) < 4.78 is 26.8. The number of benzene rings is 3. The number of hydrogen-bond donors (Lipinski definition) is 0. The van der Waals surface area contributed by atoms with Crippen LogP contribution in [0.3, 0.4) is 0 Å². The summed E-state index contributed by atoms with van der Waals surface area (Å²) >= 11 is 1.40. The maximum Gasteiger partial charge on any atom is 0.191 e. The molecule has 0 spiro atoms. The molecule has 2 heterocycles. The first-order valence-electron chi connectivity index (χ1n) is 9.92. The van der Waals surface area contributed by atoms with Gasteiger partial charge < -0.3 is 9.47 Å². The van der Waals surface area contributed by atoms with Gasteiger partial charge in [0.1, 0.15) is 5.82 Å². The predicted octanol–water partition coefficient (Wildman–Crippen LogP) is 5.39. The number of fused-ring (bicyclic) bond motifs is 3. The highest BCUT2D eigenvalue weighted by Crippen LogP contribution is 2.35. The van der Waals surface area contributed by atoms with Gasteiger partial charge >= 0.3 is 0 Å². The number of thioether (sulfide) groups is 1. The Morgan fingerprint density at radius 3 is 2.38 bits per heavy atom. The van der Waals surface area contributed by atoms with Gasteiger partial charge in [0.15, 0.2) is 28.1 Å². The van der Waals surface area contributed by atoms with Crippen molar-refractivity contribution in [1.29, 1.82) is 0 Å². The van der Waals surface area contributed by atoms with Crippen LogP contribution in [0.5, 0.6) is 11.5 Å². The molecule has 0 atom stereocenters. The fraction of sp³-hybridized carbons (Fsp3) is 0.125. The van der Waals surface area contributed by atoms with Gasteiger partial charge in [0.25, 0.3) is 0 Å². The first-order chi connectivity index (χ1) is 15.7. The fourth-order valence-electron chi connectivity index (χ4n) is 3.47. The highest BCUT2D eigenvalue weighted by Gasteiger charge is 2.18. The molecule has 0 N–H and O–H groups in total. The summed E-state index contributed by atoms with van der Waals surface area (Å²) in [7, 11) is 3.17. The quantitative estimate of drug-likeness (QED) is 0.257. The zero-order chi connectivity index (χ0) is 22.1. The summed E-state index contributed by atoms with van der Waals surface area (Å²) in [5.41, 5.74) is 2.84. The molecule has 0 radical (unpaired) electrons. The van der Waals surface area contributed by atoms with Gasteiger partial charge in [-0.05, 0) is 17.7 Å². The van der Waals surface area contributed by atoms with Gasteiger partial charge in [-0.3, -0.25) is 0 Å². The van der Waals surface area contributed by atoms with E-state index >= 15 is 0 Å². The molecular formula is C24H19FN4O2S. The Labute approximate surface area is 188 Å². The zero-order valence-corrected chi connectivity index (χ0v) is 18.3. The van der Waals surface area contributed by atoms with Crippen molar-refractivity contribution >= 4 is 28.3 Å². The van der Waals surface area contributed by atoms with E-state index in [1.165, 1.54) is 17.8 Å². The Hall–Kier alpha value is -3.65. The first kappa shape index (κ1) is 20.3. The van der Waals surface area contributed by atoms with Crippen LogP contribution >= 0.6 is 11.8 Å². The molecule has 8 heteroatoms. The standard InChI is InChI=1S/C24H19FN4O2S/c1-30-20-12-17-19(13-21(20)31-2)26-24(32-14-16-10-6-7-11-18(16)25)29-23(17)27-22(28-29)15-8-4-3-5-9-15/h3-13H,14H2,1-2H3. The zero-order valence-electron chi connectivity index (χ0n) is 17.4. The van der Waals surface area contributed by atoms with Crippen LogP contribution in [0, 0.1) is 5.82 Å². The van der Waals surface area contributed by atoms with Gasteiger partial charge in [-0.25, -0.2) is 14.4 Å². The van der Waals surface area contributed by atoms with Crippen LogP contribution in [-0.4, -0.2) is 33.8 Å². The SMILES string of the molecule is COc1cc2nc(SCc3ccccc3F)n3nc(-c4ccccc4)nc3c2cc1OC. The van der Waals surface area contributed by atoms with Crippen LogP contribution in [0.25, 0.3) is 27.9 Å². The minimum atomic E-state index is -0.244. The molecule has 0 saturated heterocycles. The van der Waals surface area contributed by atoms with E-state index in [9.17, 15) is 4.39 Å². The summed E-state index contributed by atoms with van der Waals surface area (Å²) in [6.07, 6.45) is 0. The van der Waals surface area contributed by atoms with Gasteiger partial charge in [-0.15, -0.1) is 5.10 Å². The molecule has 5 rings (SSSR count). The van der Waals surface area contributed by atoms with Crippen molar-refractivity contribution in [3.8, 4) is 22.9 Å². The van der Waals surface area contributed by atoms with E-state index in [4.69, 9.17) is 24.5 Å². The van der Waals surface area contributed by atoms with E-state index < -0.39 is 0 Å². The normalized spacial score (nSPS) is 11.2. The van der Waals surface area contributed by atoms with Crippen LogP contribution in [-0.2, 0) is 5.75 Å². The molecule has 0 saturated carbocycles. The third-order valence-corrected chi connectivity index (χ3v) is 6.07. The number of rotatable bonds is 6. The molecule has 3 aromatic carbocycles. The average Bonchev–Trinajstić information content (AvgIpc) is 3.29. The van der Waals surface area contributed by atoms with E-state index in [0.29, 0.717) is 45.0 Å². The highest BCUT2D eigenvalue weighted by molar-refractivity contribution is 7.98. The maximum atomic E-state index is 14.2. The second-order valence-electron chi connectivity index (χ2n) is 7.04. The number of nitrogens with zero attached hydrogens (tertiary/aromatic N) is 4. The molecule has 0 aliphatic carbocycles. The molecule has 160 valence electrons. The molecule has 32 heavy (non-hydrogen) atoms. The van der Waals surface area contributed by atoms with E-state index in [0.717, 1.165) is 10.9 Å². The summed E-state index contributed by atoms with van der Waals surface area (Å²) in [5, 5.41) is 6.12. The smallest absolute Gasteiger partial charge is 0.191 e. The second kappa shape index (κ2) is 8.47. The van der Waals surface area contributed by atoms with Crippen molar-refractivity contribution in [2.75, 3.05) is 14.2 Å². The van der Waals surface area contributed by atoms with Crippen LogP contribution < -0.4 is 9.47 Å². The molecule has 5 aromatic rings. The average molecular weight is 447 g/mol. The largest absolute Gasteiger partial charge is 0.493 e. The fourth-order valence-corrected chi connectivity index (χ4v) is 4.40. The molecule has 0 aliphatic heterocycles. The lowest BCUT2D eigenvalue weighted by molar-refractivity contribution is 0.355. The lowest BCUT2D eigenvalue weighted by Crippen LogP contribution is -2.00. The molecule has 0 fully saturated rings. The summed E-state index contributed by atoms with van der Waals surface area (Å²) in [5.74, 6) is 1.91. The van der Waals surface area contributed by atoms with Crippen molar-refractivity contribution in [3.63, 3.8) is 0 Å². The van der Waals surface area contributed by atoms with Crippen molar-refractivity contribution in [2.45, 2.75) is 10.9 Å². The predicted molar refractivity (Wildman–Crippen MR) is 123 cm³/mol. The molecule has 2 aromatic heterocycles. The maximum absolute atomic E-state index is 14.2. The van der Waals surface area contributed by atoms with Crippen molar-refractivity contribution in [3.05, 3.63) is 78.1 Å². The molecule has 0 amide bonds. The van der Waals surface area contributed by atoms with Crippen molar-refractivity contribution < 1.29 is 13.9 Å². The van der Waals surface area contributed by atoms with Crippen molar-refractivity contribution in [1.82, 2.24) is 19.6 Å². The Kier molecular flexibility index (Phi) is 5.36. The summed E-state index contributed by atoms with van der Waals surface area (Å²) in [4.78, 5) is 9.61. The molecule has 0 unspecified atom stereocenters. The number of hydrogen-bond acceptors (Lipinski definition) is 6.